The Morgan fingerprint density at radius 3 is 2.65 bits per heavy atom. The number of aromatic amines is 1. The van der Waals surface area contributed by atoms with Gasteiger partial charge < -0.3 is 4.98 Å². The molecule has 0 aliphatic heterocycles. The van der Waals surface area contributed by atoms with Crippen molar-refractivity contribution < 1.29 is 4.39 Å². The highest BCUT2D eigenvalue weighted by Crippen LogP contribution is 2.27. The first kappa shape index (κ1) is 11.8. The summed E-state index contributed by atoms with van der Waals surface area (Å²) < 4.78 is 13.2. The van der Waals surface area contributed by atoms with Crippen LogP contribution in [0.1, 0.15) is 5.56 Å². The van der Waals surface area contributed by atoms with Crippen LogP contribution in [0.5, 0.6) is 0 Å². The van der Waals surface area contributed by atoms with Crippen molar-refractivity contribution in [3.05, 3.63) is 51.4 Å². The highest BCUT2D eigenvalue weighted by molar-refractivity contribution is 7.71. The zero-order valence-electron chi connectivity index (χ0n) is 8.50. The molecule has 0 fully saturated rings. The highest BCUT2D eigenvalue weighted by atomic mass is 35.5. The Kier molecular flexibility index (Phi) is 3.23. The SMILES string of the molecule is N#Cc1ccc(-c2ccc(F)cc2Cl)[nH]c1=S. The molecule has 0 unspecified atom stereocenters. The average molecular weight is 265 g/mol. The minimum Gasteiger partial charge on any atom is -0.345 e. The molecule has 5 heteroatoms. The number of H-pyrrole nitrogens is 1. The van der Waals surface area contributed by atoms with Crippen LogP contribution in [0.25, 0.3) is 11.3 Å². The number of hydrogen-bond acceptors (Lipinski definition) is 2. The van der Waals surface area contributed by atoms with Gasteiger partial charge >= 0.3 is 0 Å². The molecule has 0 saturated carbocycles. The third kappa shape index (κ3) is 2.36. The van der Waals surface area contributed by atoms with E-state index in [0.717, 1.165) is 0 Å². The number of aromatic nitrogens is 1. The van der Waals surface area contributed by atoms with E-state index < -0.39 is 5.82 Å². The fraction of sp³-hybridized carbons (Fsp3) is 0. The molecule has 0 atom stereocenters. The molecule has 2 rings (SSSR count). The van der Waals surface area contributed by atoms with Gasteiger partial charge in [-0.05, 0) is 30.3 Å². The Balaban J connectivity index is 2.58. The summed E-state index contributed by atoms with van der Waals surface area (Å²) in [6.45, 7) is 0. The largest absolute Gasteiger partial charge is 0.345 e. The second-order valence-corrected chi connectivity index (χ2v) is 4.17. The lowest BCUT2D eigenvalue weighted by Crippen LogP contribution is -1.88. The predicted octanol–water partition coefficient (Wildman–Crippen LogP) is 4.08. The molecular formula is C12H6ClFN2S. The summed E-state index contributed by atoms with van der Waals surface area (Å²) in [6, 6.07) is 9.37. The van der Waals surface area contributed by atoms with Crippen LogP contribution in [-0.2, 0) is 0 Å². The molecular weight excluding hydrogens is 259 g/mol. The zero-order valence-corrected chi connectivity index (χ0v) is 10.1. The van der Waals surface area contributed by atoms with E-state index in [1.807, 2.05) is 6.07 Å². The highest BCUT2D eigenvalue weighted by Gasteiger charge is 2.06. The van der Waals surface area contributed by atoms with E-state index in [4.69, 9.17) is 29.1 Å². The van der Waals surface area contributed by atoms with Gasteiger partial charge in [0.2, 0.25) is 0 Å². The van der Waals surface area contributed by atoms with Gasteiger partial charge in [-0.1, -0.05) is 23.8 Å². The van der Waals surface area contributed by atoms with E-state index in [1.165, 1.54) is 12.1 Å². The summed E-state index contributed by atoms with van der Waals surface area (Å²) in [6.07, 6.45) is 0. The predicted molar refractivity (Wildman–Crippen MR) is 66.7 cm³/mol. The molecule has 0 amide bonds. The summed E-state index contributed by atoms with van der Waals surface area (Å²) in [4.78, 5) is 2.89. The molecule has 84 valence electrons. The van der Waals surface area contributed by atoms with Crippen LogP contribution >= 0.6 is 23.8 Å². The molecule has 0 aliphatic carbocycles. The summed E-state index contributed by atoms with van der Waals surface area (Å²) >= 11 is 10.9. The Hall–Kier alpha value is -1.70. The van der Waals surface area contributed by atoms with Crippen molar-refractivity contribution in [3.8, 4) is 17.3 Å². The minimum atomic E-state index is -0.397. The van der Waals surface area contributed by atoms with Crippen molar-refractivity contribution in [3.63, 3.8) is 0 Å². The fourth-order valence-corrected chi connectivity index (χ4v) is 1.92. The number of nitriles is 1. The van der Waals surface area contributed by atoms with Crippen molar-refractivity contribution in [1.29, 1.82) is 5.26 Å². The van der Waals surface area contributed by atoms with Crippen LogP contribution < -0.4 is 0 Å². The number of pyridine rings is 1. The molecule has 0 spiro atoms. The summed E-state index contributed by atoms with van der Waals surface area (Å²) in [7, 11) is 0. The monoisotopic (exact) mass is 264 g/mol. The van der Waals surface area contributed by atoms with Gasteiger partial charge in [0, 0.05) is 11.3 Å². The first-order valence-electron chi connectivity index (χ1n) is 4.70. The van der Waals surface area contributed by atoms with Crippen LogP contribution in [0.2, 0.25) is 5.02 Å². The second-order valence-electron chi connectivity index (χ2n) is 3.35. The Labute approximate surface area is 107 Å². The van der Waals surface area contributed by atoms with Crippen molar-refractivity contribution >= 4 is 23.8 Å². The Morgan fingerprint density at radius 2 is 2.06 bits per heavy atom. The molecule has 17 heavy (non-hydrogen) atoms. The normalized spacial score (nSPS) is 9.94. The molecule has 1 aromatic carbocycles. The van der Waals surface area contributed by atoms with E-state index in [0.29, 0.717) is 26.5 Å². The standard InChI is InChI=1S/C12H6ClFN2S/c13-10-5-8(14)2-3-9(10)11-4-1-7(6-15)12(17)16-11/h1-5H,(H,16,17). The number of halogens is 2. The Bertz CT molecular complexity index is 673. The van der Waals surface area contributed by atoms with E-state index in [2.05, 4.69) is 4.98 Å². The van der Waals surface area contributed by atoms with Crippen LogP contribution in [0.15, 0.2) is 30.3 Å². The van der Waals surface area contributed by atoms with Crippen molar-refractivity contribution in [2.45, 2.75) is 0 Å². The van der Waals surface area contributed by atoms with Crippen LogP contribution in [0.4, 0.5) is 4.39 Å². The summed E-state index contributed by atoms with van der Waals surface area (Å²) in [5.41, 5.74) is 1.68. The van der Waals surface area contributed by atoms with Gasteiger partial charge in [-0.15, -0.1) is 0 Å². The zero-order chi connectivity index (χ0) is 12.4. The first-order chi connectivity index (χ1) is 8.11. The number of benzene rings is 1. The maximum atomic E-state index is 12.9. The maximum absolute atomic E-state index is 12.9. The third-order valence-corrected chi connectivity index (χ3v) is 2.89. The number of rotatable bonds is 1. The maximum Gasteiger partial charge on any atom is 0.124 e. The van der Waals surface area contributed by atoms with Crippen molar-refractivity contribution in [1.82, 2.24) is 4.98 Å². The molecule has 1 aromatic heterocycles. The van der Waals surface area contributed by atoms with Gasteiger partial charge in [0.15, 0.2) is 0 Å². The van der Waals surface area contributed by atoms with Crippen LogP contribution in [-0.4, -0.2) is 4.98 Å². The first-order valence-corrected chi connectivity index (χ1v) is 5.49. The average Bonchev–Trinajstić information content (AvgIpc) is 2.29. The lowest BCUT2D eigenvalue weighted by molar-refractivity contribution is 0.628. The fourth-order valence-electron chi connectivity index (χ4n) is 1.43. The lowest BCUT2D eigenvalue weighted by atomic mass is 10.1. The Morgan fingerprint density at radius 1 is 1.29 bits per heavy atom. The second kappa shape index (κ2) is 4.66. The van der Waals surface area contributed by atoms with E-state index in [9.17, 15) is 4.39 Å². The molecule has 0 aliphatic rings. The van der Waals surface area contributed by atoms with E-state index in [1.54, 1.807) is 18.2 Å². The van der Waals surface area contributed by atoms with Crippen molar-refractivity contribution in [2.24, 2.45) is 0 Å². The molecule has 0 saturated heterocycles. The number of nitrogens with zero attached hydrogens (tertiary/aromatic N) is 1. The van der Waals surface area contributed by atoms with Crippen LogP contribution in [0, 0.1) is 21.8 Å². The molecule has 0 bridgehead atoms. The van der Waals surface area contributed by atoms with Gasteiger partial charge in [-0.3, -0.25) is 0 Å². The van der Waals surface area contributed by atoms with Gasteiger partial charge in [0.25, 0.3) is 0 Å². The molecule has 2 aromatic rings. The van der Waals surface area contributed by atoms with Gasteiger partial charge in [-0.25, -0.2) is 4.39 Å². The third-order valence-electron chi connectivity index (χ3n) is 2.25. The smallest absolute Gasteiger partial charge is 0.124 e. The van der Waals surface area contributed by atoms with Gasteiger partial charge in [-0.2, -0.15) is 5.26 Å². The van der Waals surface area contributed by atoms with Crippen LogP contribution in [0.3, 0.4) is 0 Å². The van der Waals surface area contributed by atoms with Gasteiger partial charge in [0.05, 0.1) is 10.6 Å². The van der Waals surface area contributed by atoms with Gasteiger partial charge in [0.1, 0.15) is 16.5 Å². The number of nitrogens with one attached hydrogen (secondary N) is 1. The lowest BCUT2D eigenvalue weighted by Gasteiger charge is -2.05. The molecule has 2 nitrogen and oxygen atoms in total. The summed E-state index contributed by atoms with van der Waals surface area (Å²) in [5, 5.41) is 9.05. The van der Waals surface area contributed by atoms with E-state index >= 15 is 0 Å². The molecule has 0 radical (unpaired) electrons. The number of hydrogen-bond donors (Lipinski definition) is 1. The molecule has 1 heterocycles. The van der Waals surface area contributed by atoms with E-state index in [-0.39, 0.29) is 0 Å². The summed E-state index contributed by atoms with van der Waals surface area (Å²) in [5.74, 6) is -0.397. The van der Waals surface area contributed by atoms with Crippen molar-refractivity contribution in [2.75, 3.05) is 0 Å². The quantitative estimate of drug-likeness (QED) is 0.789. The molecule has 1 N–H and O–H groups in total. The topological polar surface area (TPSA) is 39.6 Å². The minimum absolute atomic E-state index is 0.292.